The SMILES string of the molecule is C[C@H]([NH2+]CC(=O)Nc1cccc([N+](=O)[O-])c1)c1cccc(Cl)c1. The Morgan fingerprint density at radius 2 is 2.04 bits per heavy atom. The molecule has 2 aromatic rings. The molecule has 0 aliphatic carbocycles. The standard InChI is InChI=1S/C16H16ClN3O3/c1-11(12-4-2-5-13(17)8-12)18-10-16(21)19-14-6-3-7-15(9-14)20(22)23/h2-9,11,18H,10H2,1H3,(H,19,21)/p+1/t11-/m0/s1. The fraction of sp³-hybridized carbons (Fsp3) is 0.188. The molecule has 7 heteroatoms. The Labute approximate surface area is 138 Å². The van der Waals surface area contributed by atoms with Crippen molar-refractivity contribution in [1.29, 1.82) is 0 Å². The van der Waals surface area contributed by atoms with E-state index < -0.39 is 4.92 Å². The van der Waals surface area contributed by atoms with Crippen molar-refractivity contribution in [3.05, 3.63) is 69.2 Å². The predicted octanol–water partition coefficient (Wildman–Crippen LogP) is 2.51. The van der Waals surface area contributed by atoms with Crippen LogP contribution in [0.1, 0.15) is 18.5 Å². The van der Waals surface area contributed by atoms with Crippen LogP contribution in [0.25, 0.3) is 0 Å². The van der Waals surface area contributed by atoms with Crippen molar-refractivity contribution in [1.82, 2.24) is 0 Å². The first-order valence-electron chi connectivity index (χ1n) is 7.09. The summed E-state index contributed by atoms with van der Waals surface area (Å²) in [5.74, 6) is -0.223. The Morgan fingerprint density at radius 1 is 1.30 bits per heavy atom. The highest BCUT2D eigenvalue weighted by Gasteiger charge is 2.13. The highest BCUT2D eigenvalue weighted by atomic mass is 35.5. The average molecular weight is 335 g/mol. The Balaban J connectivity index is 1.90. The molecule has 23 heavy (non-hydrogen) atoms. The number of rotatable bonds is 6. The highest BCUT2D eigenvalue weighted by Crippen LogP contribution is 2.17. The predicted molar refractivity (Wildman–Crippen MR) is 88.4 cm³/mol. The third-order valence-electron chi connectivity index (χ3n) is 3.37. The molecule has 0 radical (unpaired) electrons. The van der Waals surface area contributed by atoms with Gasteiger partial charge in [-0.3, -0.25) is 14.9 Å². The van der Waals surface area contributed by atoms with Gasteiger partial charge in [0, 0.05) is 28.4 Å². The summed E-state index contributed by atoms with van der Waals surface area (Å²) in [6, 6.07) is 13.4. The maximum absolute atomic E-state index is 12.0. The minimum atomic E-state index is -0.497. The van der Waals surface area contributed by atoms with E-state index in [-0.39, 0.29) is 24.2 Å². The molecule has 0 aliphatic rings. The van der Waals surface area contributed by atoms with Crippen molar-refractivity contribution in [2.24, 2.45) is 0 Å². The van der Waals surface area contributed by atoms with Crippen molar-refractivity contribution < 1.29 is 15.0 Å². The van der Waals surface area contributed by atoms with Crippen molar-refractivity contribution >= 4 is 28.9 Å². The molecule has 3 N–H and O–H groups in total. The molecule has 1 amide bonds. The first-order valence-corrected chi connectivity index (χ1v) is 7.46. The zero-order valence-electron chi connectivity index (χ0n) is 12.5. The molecular formula is C16H17ClN3O3+. The summed E-state index contributed by atoms with van der Waals surface area (Å²) < 4.78 is 0. The molecule has 0 spiro atoms. The molecule has 2 rings (SSSR count). The molecule has 6 nitrogen and oxygen atoms in total. The lowest BCUT2D eigenvalue weighted by Gasteiger charge is -2.11. The summed E-state index contributed by atoms with van der Waals surface area (Å²) in [5, 5.41) is 15.9. The fourth-order valence-electron chi connectivity index (χ4n) is 2.12. The van der Waals surface area contributed by atoms with E-state index in [9.17, 15) is 14.9 Å². The van der Waals surface area contributed by atoms with Gasteiger partial charge >= 0.3 is 0 Å². The lowest BCUT2D eigenvalue weighted by molar-refractivity contribution is -0.682. The van der Waals surface area contributed by atoms with E-state index in [2.05, 4.69) is 5.32 Å². The van der Waals surface area contributed by atoms with E-state index >= 15 is 0 Å². The van der Waals surface area contributed by atoms with Crippen LogP contribution in [-0.2, 0) is 4.79 Å². The van der Waals surface area contributed by atoms with Gasteiger partial charge in [0.1, 0.15) is 6.04 Å². The number of halogens is 1. The van der Waals surface area contributed by atoms with Gasteiger partial charge in [0.05, 0.1) is 4.92 Å². The second kappa shape index (κ2) is 7.71. The number of nitro groups is 1. The van der Waals surface area contributed by atoms with Crippen molar-refractivity contribution in [3.63, 3.8) is 0 Å². The molecule has 2 aromatic carbocycles. The van der Waals surface area contributed by atoms with Crippen molar-refractivity contribution in [2.75, 3.05) is 11.9 Å². The minimum absolute atomic E-state index is 0.0564. The number of carbonyl (C=O) groups is 1. The smallest absolute Gasteiger partial charge is 0.279 e. The first-order chi connectivity index (χ1) is 11.0. The van der Waals surface area contributed by atoms with Gasteiger partial charge in [0.25, 0.3) is 11.6 Å². The van der Waals surface area contributed by atoms with Crippen LogP contribution in [0.4, 0.5) is 11.4 Å². The van der Waals surface area contributed by atoms with Crippen LogP contribution in [-0.4, -0.2) is 17.4 Å². The maximum Gasteiger partial charge on any atom is 0.279 e. The summed E-state index contributed by atoms with van der Waals surface area (Å²) >= 11 is 5.95. The number of nitrogens with one attached hydrogen (secondary N) is 1. The topological polar surface area (TPSA) is 88.8 Å². The first kappa shape index (κ1) is 16.9. The monoisotopic (exact) mass is 334 g/mol. The van der Waals surface area contributed by atoms with Gasteiger partial charge in [0.15, 0.2) is 6.54 Å². The van der Waals surface area contributed by atoms with Crippen LogP contribution in [0.3, 0.4) is 0 Å². The molecular weight excluding hydrogens is 318 g/mol. The Kier molecular flexibility index (Phi) is 5.67. The lowest BCUT2D eigenvalue weighted by atomic mass is 10.1. The second-order valence-corrected chi connectivity index (χ2v) is 5.58. The molecule has 1 atom stereocenters. The molecule has 0 aromatic heterocycles. The zero-order valence-corrected chi connectivity index (χ0v) is 13.3. The van der Waals surface area contributed by atoms with Gasteiger partial charge < -0.3 is 10.6 Å². The third-order valence-corrected chi connectivity index (χ3v) is 3.61. The average Bonchev–Trinajstić information content (AvgIpc) is 2.53. The summed E-state index contributed by atoms with van der Waals surface area (Å²) in [4.78, 5) is 22.2. The normalized spacial score (nSPS) is 11.7. The fourth-order valence-corrected chi connectivity index (χ4v) is 2.32. The van der Waals surface area contributed by atoms with Gasteiger partial charge in [-0.2, -0.15) is 0 Å². The summed E-state index contributed by atoms with van der Waals surface area (Å²) in [7, 11) is 0. The minimum Gasteiger partial charge on any atom is -0.333 e. The number of anilines is 1. The number of non-ortho nitro benzene ring substituents is 1. The summed E-state index contributed by atoms with van der Waals surface area (Å²) in [5.41, 5.74) is 1.38. The molecule has 0 heterocycles. The number of carbonyl (C=O) groups excluding carboxylic acids is 1. The molecule has 120 valence electrons. The number of quaternary nitrogens is 1. The number of nitrogens with zero attached hydrogens (tertiary/aromatic N) is 1. The van der Waals surface area contributed by atoms with E-state index in [1.54, 1.807) is 12.1 Å². The Hall–Kier alpha value is -2.44. The van der Waals surface area contributed by atoms with Crippen LogP contribution in [0.5, 0.6) is 0 Å². The van der Waals surface area contributed by atoms with Gasteiger partial charge in [0.2, 0.25) is 0 Å². The molecule has 0 unspecified atom stereocenters. The summed E-state index contributed by atoms with van der Waals surface area (Å²) in [6.07, 6.45) is 0. The second-order valence-electron chi connectivity index (χ2n) is 5.14. The van der Waals surface area contributed by atoms with Crippen LogP contribution in [0.2, 0.25) is 5.02 Å². The lowest BCUT2D eigenvalue weighted by Crippen LogP contribution is -2.86. The third kappa shape index (κ3) is 5.05. The van der Waals surface area contributed by atoms with Crippen molar-refractivity contribution in [3.8, 4) is 0 Å². The largest absolute Gasteiger partial charge is 0.333 e. The molecule has 0 fully saturated rings. The Morgan fingerprint density at radius 3 is 2.74 bits per heavy atom. The van der Waals surface area contributed by atoms with E-state index in [4.69, 9.17) is 11.6 Å². The van der Waals surface area contributed by atoms with Crippen LogP contribution >= 0.6 is 11.6 Å². The molecule has 0 bridgehead atoms. The number of hydrogen-bond acceptors (Lipinski definition) is 3. The quantitative estimate of drug-likeness (QED) is 0.628. The van der Waals surface area contributed by atoms with E-state index in [0.29, 0.717) is 10.7 Å². The molecule has 0 aliphatic heterocycles. The molecule has 0 saturated carbocycles. The Bertz CT molecular complexity index is 721. The van der Waals surface area contributed by atoms with Gasteiger partial charge in [-0.15, -0.1) is 0 Å². The van der Waals surface area contributed by atoms with Crippen LogP contribution in [0, 0.1) is 10.1 Å². The maximum atomic E-state index is 12.0. The number of nitro benzene ring substituents is 1. The van der Waals surface area contributed by atoms with Gasteiger partial charge in [-0.05, 0) is 25.1 Å². The summed E-state index contributed by atoms with van der Waals surface area (Å²) in [6.45, 7) is 2.18. The van der Waals surface area contributed by atoms with E-state index in [1.165, 1.54) is 18.2 Å². The highest BCUT2D eigenvalue weighted by molar-refractivity contribution is 6.30. The number of hydrogen-bond donors (Lipinski definition) is 2. The molecule has 0 saturated heterocycles. The number of nitrogens with two attached hydrogens (primary N) is 1. The number of benzene rings is 2. The zero-order chi connectivity index (χ0) is 16.8. The van der Waals surface area contributed by atoms with Gasteiger partial charge in [-0.1, -0.05) is 29.8 Å². The van der Waals surface area contributed by atoms with Gasteiger partial charge in [-0.25, -0.2) is 0 Å². The van der Waals surface area contributed by atoms with Crippen molar-refractivity contribution in [2.45, 2.75) is 13.0 Å². The van der Waals surface area contributed by atoms with Crippen LogP contribution in [0.15, 0.2) is 48.5 Å². The van der Waals surface area contributed by atoms with E-state index in [0.717, 1.165) is 5.56 Å². The van der Waals surface area contributed by atoms with E-state index in [1.807, 2.05) is 30.4 Å². The number of amides is 1. The van der Waals surface area contributed by atoms with Crippen LogP contribution < -0.4 is 10.6 Å².